The van der Waals surface area contributed by atoms with Crippen LogP contribution in [0, 0.1) is 4.64 Å². The van der Waals surface area contributed by atoms with Crippen LogP contribution in [0.4, 0.5) is 5.82 Å². The summed E-state index contributed by atoms with van der Waals surface area (Å²) < 4.78 is 0.639. The molecule has 1 heterocycles. The molecule has 0 aliphatic heterocycles. The number of aromatic nitrogens is 2. The maximum atomic E-state index is 5.23. The van der Waals surface area contributed by atoms with Gasteiger partial charge >= 0.3 is 0 Å². The van der Waals surface area contributed by atoms with Crippen molar-refractivity contribution in [2.45, 2.75) is 46.5 Å². The monoisotopic (exact) mass is 296 g/mol. The van der Waals surface area contributed by atoms with Crippen LogP contribution < -0.4 is 5.32 Å². The minimum atomic E-state index is -0.0214. The van der Waals surface area contributed by atoms with Crippen molar-refractivity contribution in [3.05, 3.63) is 16.5 Å². The van der Waals surface area contributed by atoms with Crippen molar-refractivity contribution in [1.82, 2.24) is 14.9 Å². The SMILES string of the molecule is CCN(CC)CCCNc1cc(=S)nc(C(C)(C)C)[nH]1. The van der Waals surface area contributed by atoms with Crippen molar-refractivity contribution in [1.29, 1.82) is 0 Å². The third kappa shape index (κ3) is 5.59. The summed E-state index contributed by atoms with van der Waals surface area (Å²) in [6, 6.07) is 1.89. The Bertz CT molecular complexity index is 458. The van der Waals surface area contributed by atoms with E-state index in [0.29, 0.717) is 4.64 Å². The normalized spacial score (nSPS) is 11.9. The Morgan fingerprint density at radius 2 is 1.95 bits per heavy atom. The minimum Gasteiger partial charge on any atom is -0.371 e. The maximum Gasteiger partial charge on any atom is 0.131 e. The van der Waals surface area contributed by atoms with E-state index in [-0.39, 0.29) is 5.41 Å². The van der Waals surface area contributed by atoms with Crippen molar-refractivity contribution >= 4 is 18.0 Å². The molecule has 5 heteroatoms. The number of hydrogen-bond donors (Lipinski definition) is 2. The Morgan fingerprint density at radius 1 is 1.30 bits per heavy atom. The summed E-state index contributed by atoms with van der Waals surface area (Å²) in [5.74, 6) is 1.89. The van der Waals surface area contributed by atoms with Crippen LogP contribution in [-0.4, -0.2) is 41.0 Å². The van der Waals surface area contributed by atoms with Crippen molar-refractivity contribution in [2.75, 3.05) is 31.5 Å². The maximum absolute atomic E-state index is 5.23. The number of anilines is 1. The molecule has 0 aromatic carbocycles. The van der Waals surface area contributed by atoms with E-state index in [9.17, 15) is 0 Å². The predicted octanol–water partition coefficient (Wildman–Crippen LogP) is 3.58. The molecule has 0 aliphatic rings. The van der Waals surface area contributed by atoms with E-state index in [1.54, 1.807) is 0 Å². The molecule has 0 amide bonds. The average Bonchev–Trinajstić information content (AvgIpc) is 2.37. The van der Waals surface area contributed by atoms with Gasteiger partial charge in [-0.25, -0.2) is 4.98 Å². The Balaban J connectivity index is 2.56. The second kappa shape index (κ2) is 7.74. The van der Waals surface area contributed by atoms with Crippen LogP contribution in [0.3, 0.4) is 0 Å². The first-order chi connectivity index (χ1) is 9.36. The Labute approximate surface area is 128 Å². The van der Waals surface area contributed by atoms with Crippen LogP contribution in [0.2, 0.25) is 0 Å². The number of rotatable bonds is 7. The largest absolute Gasteiger partial charge is 0.371 e. The lowest BCUT2D eigenvalue weighted by Gasteiger charge is -2.20. The molecule has 0 unspecified atom stereocenters. The molecule has 2 N–H and O–H groups in total. The van der Waals surface area contributed by atoms with E-state index in [1.165, 1.54) is 0 Å². The Kier molecular flexibility index (Phi) is 6.62. The highest BCUT2D eigenvalue weighted by Crippen LogP contribution is 2.19. The van der Waals surface area contributed by atoms with E-state index >= 15 is 0 Å². The number of hydrogen-bond acceptors (Lipinski definition) is 4. The molecular formula is C15H28N4S. The molecule has 0 saturated carbocycles. The van der Waals surface area contributed by atoms with Gasteiger partial charge in [-0.05, 0) is 26.1 Å². The molecule has 20 heavy (non-hydrogen) atoms. The first-order valence-corrected chi connectivity index (χ1v) is 7.85. The quantitative estimate of drug-likeness (QED) is 0.596. The lowest BCUT2D eigenvalue weighted by molar-refractivity contribution is 0.303. The molecule has 1 aromatic rings. The molecule has 0 saturated heterocycles. The first-order valence-electron chi connectivity index (χ1n) is 7.45. The molecule has 0 spiro atoms. The fraction of sp³-hybridized carbons (Fsp3) is 0.733. The van der Waals surface area contributed by atoms with Crippen LogP contribution >= 0.6 is 12.2 Å². The third-order valence-electron chi connectivity index (χ3n) is 3.31. The fourth-order valence-electron chi connectivity index (χ4n) is 1.97. The van der Waals surface area contributed by atoms with Crippen LogP contribution in [0.1, 0.15) is 46.9 Å². The van der Waals surface area contributed by atoms with Crippen molar-refractivity contribution in [3.63, 3.8) is 0 Å². The summed E-state index contributed by atoms with van der Waals surface area (Å²) in [7, 11) is 0. The smallest absolute Gasteiger partial charge is 0.131 e. The fourth-order valence-corrected chi connectivity index (χ4v) is 2.18. The van der Waals surface area contributed by atoms with E-state index in [0.717, 1.165) is 44.2 Å². The summed E-state index contributed by atoms with van der Waals surface area (Å²) in [5, 5.41) is 3.41. The van der Waals surface area contributed by atoms with Crippen molar-refractivity contribution in [3.8, 4) is 0 Å². The zero-order valence-electron chi connectivity index (χ0n) is 13.4. The highest BCUT2D eigenvalue weighted by Gasteiger charge is 2.16. The molecule has 0 bridgehead atoms. The van der Waals surface area contributed by atoms with Gasteiger partial charge in [0.1, 0.15) is 16.3 Å². The Morgan fingerprint density at radius 3 is 2.50 bits per heavy atom. The van der Waals surface area contributed by atoms with E-state index < -0.39 is 0 Å². The molecule has 0 radical (unpaired) electrons. The summed E-state index contributed by atoms with van der Waals surface area (Å²) in [5.41, 5.74) is -0.0214. The topological polar surface area (TPSA) is 44.0 Å². The molecule has 1 aromatic heterocycles. The summed E-state index contributed by atoms with van der Waals surface area (Å²) in [6.07, 6.45) is 1.12. The van der Waals surface area contributed by atoms with Gasteiger partial charge in [0, 0.05) is 18.0 Å². The van der Waals surface area contributed by atoms with Gasteiger partial charge in [-0.15, -0.1) is 0 Å². The Hall–Kier alpha value is -0.940. The van der Waals surface area contributed by atoms with Crippen LogP contribution in [0.25, 0.3) is 0 Å². The number of nitrogens with one attached hydrogen (secondary N) is 2. The van der Waals surface area contributed by atoms with Gasteiger partial charge in [0.15, 0.2) is 0 Å². The minimum absolute atomic E-state index is 0.0214. The van der Waals surface area contributed by atoms with Crippen LogP contribution in [-0.2, 0) is 5.41 Å². The summed E-state index contributed by atoms with van der Waals surface area (Å²) in [6.45, 7) is 15.1. The summed E-state index contributed by atoms with van der Waals surface area (Å²) in [4.78, 5) is 10.2. The van der Waals surface area contributed by atoms with Crippen molar-refractivity contribution in [2.24, 2.45) is 0 Å². The molecule has 1 rings (SSSR count). The highest BCUT2D eigenvalue weighted by molar-refractivity contribution is 7.71. The van der Waals surface area contributed by atoms with Gasteiger partial charge in [0.25, 0.3) is 0 Å². The second-order valence-corrected chi connectivity index (χ2v) is 6.46. The molecule has 4 nitrogen and oxygen atoms in total. The van der Waals surface area contributed by atoms with Gasteiger partial charge in [-0.3, -0.25) is 0 Å². The van der Waals surface area contributed by atoms with Gasteiger partial charge in [-0.1, -0.05) is 46.8 Å². The predicted molar refractivity (Wildman–Crippen MR) is 89.0 cm³/mol. The molecule has 0 fully saturated rings. The highest BCUT2D eigenvalue weighted by atomic mass is 32.1. The van der Waals surface area contributed by atoms with Crippen molar-refractivity contribution < 1.29 is 0 Å². The zero-order valence-corrected chi connectivity index (χ0v) is 14.2. The molecule has 0 aliphatic carbocycles. The number of aromatic amines is 1. The second-order valence-electron chi connectivity index (χ2n) is 6.04. The van der Waals surface area contributed by atoms with Gasteiger partial charge in [0.2, 0.25) is 0 Å². The molecular weight excluding hydrogens is 268 g/mol. The average molecular weight is 296 g/mol. The number of nitrogens with zero attached hydrogens (tertiary/aromatic N) is 2. The zero-order chi connectivity index (χ0) is 15.2. The lowest BCUT2D eigenvalue weighted by atomic mass is 9.96. The third-order valence-corrected chi connectivity index (χ3v) is 3.52. The van der Waals surface area contributed by atoms with Crippen LogP contribution in [0.15, 0.2) is 6.07 Å². The summed E-state index contributed by atoms with van der Waals surface area (Å²) >= 11 is 5.23. The van der Waals surface area contributed by atoms with E-state index in [2.05, 4.69) is 54.8 Å². The van der Waals surface area contributed by atoms with E-state index in [1.807, 2.05) is 6.07 Å². The van der Waals surface area contributed by atoms with Gasteiger partial charge < -0.3 is 15.2 Å². The van der Waals surface area contributed by atoms with E-state index in [4.69, 9.17) is 12.2 Å². The molecule has 114 valence electrons. The number of H-pyrrole nitrogens is 1. The standard InChI is InChI=1S/C15H28N4S/c1-6-19(7-2)10-8-9-16-12-11-13(20)18-14(17-12)15(3,4)5/h11H,6-10H2,1-5H3,(H2,16,17,18,20). The molecule has 0 atom stereocenters. The first kappa shape index (κ1) is 17.1. The lowest BCUT2D eigenvalue weighted by Crippen LogP contribution is -2.25. The van der Waals surface area contributed by atoms with Gasteiger partial charge in [0.05, 0.1) is 0 Å². The van der Waals surface area contributed by atoms with Crippen LogP contribution in [0.5, 0.6) is 0 Å². The van der Waals surface area contributed by atoms with Gasteiger partial charge in [-0.2, -0.15) is 0 Å².